The first-order valence-electron chi connectivity index (χ1n) is 6.62. The molecular formula is C15H25N3O. The number of rotatable bonds is 6. The normalized spacial score (nSPS) is 12.3. The number of nitrogens with two attached hydrogens (primary N) is 1. The fourth-order valence-electron chi connectivity index (χ4n) is 2.24. The molecule has 0 fully saturated rings. The van der Waals surface area contributed by atoms with E-state index in [-0.39, 0.29) is 5.84 Å². The van der Waals surface area contributed by atoms with Gasteiger partial charge in [0.2, 0.25) is 0 Å². The summed E-state index contributed by atoms with van der Waals surface area (Å²) >= 11 is 0. The number of amidine groups is 1. The largest absolute Gasteiger partial charge is 0.497 e. The standard InChI is InChI=1S/C15H25N3O/c1-10(2)8-11(3)18(4)14-9-12(19-5)6-7-13(14)15(16)17/h6-7,9-11H,8H2,1-5H3,(H3,16,17). The van der Waals surface area contributed by atoms with E-state index in [0.29, 0.717) is 12.0 Å². The van der Waals surface area contributed by atoms with E-state index in [2.05, 4.69) is 25.7 Å². The molecule has 0 bridgehead atoms. The van der Waals surface area contributed by atoms with Crippen molar-refractivity contribution in [3.8, 4) is 5.75 Å². The summed E-state index contributed by atoms with van der Waals surface area (Å²) in [6.45, 7) is 6.60. The highest BCUT2D eigenvalue weighted by molar-refractivity contribution is 6.00. The van der Waals surface area contributed by atoms with Crippen LogP contribution in [0.1, 0.15) is 32.8 Å². The van der Waals surface area contributed by atoms with Gasteiger partial charge in [-0.05, 0) is 31.4 Å². The van der Waals surface area contributed by atoms with Gasteiger partial charge in [0, 0.05) is 24.7 Å². The summed E-state index contributed by atoms with van der Waals surface area (Å²) in [5.74, 6) is 1.49. The van der Waals surface area contributed by atoms with E-state index in [1.807, 2.05) is 25.2 Å². The number of nitrogen functional groups attached to an aromatic ring is 1. The number of hydrogen-bond donors (Lipinski definition) is 2. The van der Waals surface area contributed by atoms with Crippen molar-refractivity contribution in [2.45, 2.75) is 33.2 Å². The van der Waals surface area contributed by atoms with Gasteiger partial charge in [-0.3, -0.25) is 5.41 Å². The lowest BCUT2D eigenvalue weighted by molar-refractivity contribution is 0.414. The molecule has 1 atom stereocenters. The molecule has 1 aromatic rings. The molecule has 0 aliphatic heterocycles. The monoisotopic (exact) mass is 263 g/mol. The molecule has 0 saturated heterocycles. The molecule has 3 N–H and O–H groups in total. The molecule has 0 aliphatic rings. The summed E-state index contributed by atoms with van der Waals surface area (Å²) < 4.78 is 5.26. The third kappa shape index (κ3) is 3.88. The van der Waals surface area contributed by atoms with Gasteiger partial charge in [-0.15, -0.1) is 0 Å². The Hall–Kier alpha value is -1.71. The van der Waals surface area contributed by atoms with E-state index < -0.39 is 0 Å². The zero-order valence-corrected chi connectivity index (χ0v) is 12.5. The molecule has 0 amide bonds. The number of nitrogens with zero attached hydrogens (tertiary/aromatic N) is 1. The maximum atomic E-state index is 7.69. The summed E-state index contributed by atoms with van der Waals surface area (Å²) in [6, 6.07) is 5.99. The van der Waals surface area contributed by atoms with Crippen molar-refractivity contribution in [2.75, 3.05) is 19.1 Å². The third-order valence-electron chi connectivity index (χ3n) is 3.35. The molecular weight excluding hydrogens is 238 g/mol. The first-order chi connectivity index (χ1) is 8.86. The van der Waals surface area contributed by atoms with Crippen LogP contribution >= 0.6 is 0 Å². The fourth-order valence-corrected chi connectivity index (χ4v) is 2.24. The van der Waals surface area contributed by atoms with Gasteiger partial charge in [-0.1, -0.05) is 13.8 Å². The predicted molar refractivity (Wildman–Crippen MR) is 81.3 cm³/mol. The van der Waals surface area contributed by atoms with Crippen LogP contribution in [0.25, 0.3) is 0 Å². The predicted octanol–water partition coefficient (Wildman–Crippen LogP) is 2.85. The highest BCUT2D eigenvalue weighted by Gasteiger charge is 2.17. The average molecular weight is 263 g/mol. The average Bonchev–Trinajstić information content (AvgIpc) is 2.36. The number of hydrogen-bond acceptors (Lipinski definition) is 3. The van der Waals surface area contributed by atoms with Crippen LogP contribution in [0.3, 0.4) is 0 Å². The Morgan fingerprint density at radius 2 is 2.00 bits per heavy atom. The van der Waals surface area contributed by atoms with Crippen LogP contribution in [0.2, 0.25) is 0 Å². The molecule has 4 nitrogen and oxygen atoms in total. The number of nitrogens with one attached hydrogen (secondary N) is 1. The number of methoxy groups -OCH3 is 1. The second-order valence-electron chi connectivity index (χ2n) is 5.39. The molecule has 1 rings (SSSR count). The highest BCUT2D eigenvalue weighted by Crippen LogP contribution is 2.27. The van der Waals surface area contributed by atoms with Gasteiger partial charge in [0.15, 0.2) is 0 Å². The molecule has 106 valence electrons. The van der Waals surface area contributed by atoms with Crippen LogP contribution in [-0.4, -0.2) is 26.0 Å². The van der Waals surface area contributed by atoms with Crippen LogP contribution in [0.15, 0.2) is 18.2 Å². The summed E-state index contributed by atoms with van der Waals surface area (Å²) in [6.07, 6.45) is 1.09. The Morgan fingerprint density at radius 1 is 1.37 bits per heavy atom. The summed E-state index contributed by atoms with van der Waals surface area (Å²) in [7, 11) is 3.68. The molecule has 4 heteroatoms. The zero-order chi connectivity index (χ0) is 14.6. The minimum Gasteiger partial charge on any atom is -0.497 e. The van der Waals surface area contributed by atoms with Gasteiger partial charge >= 0.3 is 0 Å². The lowest BCUT2D eigenvalue weighted by atomic mass is 10.0. The molecule has 0 spiro atoms. The van der Waals surface area contributed by atoms with E-state index in [1.165, 1.54) is 0 Å². The Morgan fingerprint density at radius 3 is 2.47 bits per heavy atom. The van der Waals surface area contributed by atoms with Gasteiger partial charge in [-0.25, -0.2) is 0 Å². The molecule has 0 radical (unpaired) electrons. The summed E-state index contributed by atoms with van der Waals surface area (Å²) in [4.78, 5) is 2.17. The van der Waals surface area contributed by atoms with E-state index in [0.717, 1.165) is 23.4 Å². The second-order valence-corrected chi connectivity index (χ2v) is 5.39. The first kappa shape index (κ1) is 15.3. The molecule has 1 aromatic carbocycles. The van der Waals surface area contributed by atoms with Crippen molar-refractivity contribution in [3.05, 3.63) is 23.8 Å². The lowest BCUT2D eigenvalue weighted by Crippen LogP contribution is -2.32. The van der Waals surface area contributed by atoms with Crippen molar-refractivity contribution >= 4 is 11.5 Å². The fraction of sp³-hybridized carbons (Fsp3) is 0.533. The van der Waals surface area contributed by atoms with E-state index >= 15 is 0 Å². The number of anilines is 1. The second kappa shape index (κ2) is 6.45. The van der Waals surface area contributed by atoms with Crippen LogP contribution in [-0.2, 0) is 0 Å². The van der Waals surface area contributed by atoms with Crippen LogP contribution < -0.4 is 15.4 Å². The minimum absolute atomic E-state index is 0.0845. The highest BCUT2D eigenvalue weighted by atomic mass is 16.5. The Kier molecular flexibility index (Phi) is 5.21. The smallest absolute Gasteiger partial charge is 0.124 e. The molecule has 0 aromatic heterocycles. The topological polar surface area (TPSA) is 62.3 Å². The van der Waals surface area contributed by atoms with E-state index in [4.69, 9.17) is 15.9 Å². The van der Waals surface area contributed by atoms with Crippen LogP contribution in [0, 0.1) is 11.3 Å². The van der Waals surface area contributed by atoms with Crippen LogP contribution in [0.4, 0.5) is 5.69 Å². The minimum atomic E-state index is 0.0845. The quantitative estimate of drug-likeness (QED) is 0.613. The van der Waals surface area contributed by atoms with Crippen molar-refractivity contribution in [1.29, 1.82) is 5.41 Å². The summed E-state index contributed by atoms with van der Waals surface area (Å²) in [5.41, 5.74) is 7.35. The first-order valence-corrected chi connectivity index (χ1v) is 6.62. The molecule has 0 saturated carbocycles. The Labute approximate surface area is 116 Å². The molecule has 19 heavy (non-hydrogen) atoms. The number of ether oxygens (including phenoxy) is 1. The van der Waals surface area contributed by atoms with Gasteiger partial charge in [-0.2, -0.15) is 0 Å². The maximum absolute atomic E-state index is 7.69. The third-order valence-corrected chi connectivity index (χ3v) is 3.35. The Bertz CT molecular complexity index is 443. The van der Waals surface area contributed by atoms with Gasteiger partial charge in [0.05, 0.1) is 12.8 Å². The van der Waals surface area contributed by atoms with Gasteiger partial charge in [0.1, 0.15) is 11.6 Å². The van der Waals surface area contributed by atoms with Crippen molar-refractivity contribution in [1.82, 2.24) is 0 Å². The molecule has 0 heterocycles. The zero-order valence-electron chi connectivity index (χ0n) is 12.5. The Balaban J connectivity index is 3.11. The van der Waals surface area contributed by atoms with Crippen molar-refractivity contribution in [3.63, 3.8) is 0 Å². The maximum Gasteiger partial charge on any atom is 0.124 e. The summed E-state index contributed by atoms with van der Waals surface area (Å²) in [5, 5.41) is 7.69. The van der Waals surface area contributed by atoms with Crippen molar-refractivity contribution < 1.29 is 4.74 Å². The molecule has 0 aliphatic carbocycles. The number of benzene rings is 1. The van der Waals surface area contributed by atoms with Gasteiger partial charge < -0.3 is 15.4 Å². The van der Waals surface area contributed by atoms with E-state index in [9.17, 15) is 0 Å². The van der Waals surface area contributed by atoms with E-state index in [1.54, 1.807) is 7.11 Å². The van der Waals surface area contributed by atoms with Crippen molar-refractivity contribution in [2.24, 2.45) is 11.7 Å². The lowest BCUT2D eigenvalue weighted by Gasteiger charge is -2.30. The van der Waals surface area contributed by atoms with Crippen LogP contribution in [0.5, 0.6) is 5.75 Å². The SMILES string of the molecule is COc1ccc(C(=N)N)c(N(C)C(C)CC(C)C)c1. The van der Waals surface area contributed by atoms with Gasteiger partial charge in [0.25, 0.3) is 0 Å². The molecule has 1 unspecified atom stereocenters.